The van der Waals surface area contributed by atoms with E-state index in [1.165, 1.54) is 16.8 Å². The Morgan fingerprint density at radius 3 is 2.70 bits per heavy atom. The summed E-state index contributed by atoms with van der Waals surface area (Å²) in [6.07, 6.45) is 2.44. The van der Waals surface area contributed by atoms with Gasteiger partial charge in [0, 0.05) is 31.2 Å². The van der Waals surface area contributed by atoms with Gasteiger partial charge in [-0.25, -0.2) is 0 Å². The Morgan fingerprint density at radius 2 is 2.07 bits per heavy atom. The van der Waals surface area contributed by atoms with Crippen molar-refractivity contribution in [2.75, 3.05) is 6.61 Å². The number of hydrogen-bond donors (Lipinski definition) is 2. The minimum Gasteiger partial charge on any atom is -0.396 e. The van der Waals surface area contributed by atoms with Crippen molar-refractivity contribution in [3.05, 3.63) is 69.1 Å². The van der Waals surface area contributed by atoms with E-state index in [9.17, 15) is 14.4 Å². The average Bonchev–Trinajstić information content (AvgIpc) is 3.40. The number of pyridine rings is 1. The van der Waals surface area contributed by atoms with E-state index in [2.05, 4.69) is 5.32 Å². The van der Waals surface area contributed by atoms with Crippen LogP contribution in [0.2, 0.25) is 0 Å². The van der Waals surface area contributed by atoms with Crippen LogP contribution in [0.25, 0.3) is 0 Å². The van der Waals surface area contributed by atoms with Crippen LogP contribution in [0.1, 0.15) is 51.6 Å². The topological polar surface area (TPSA) is 88.4 Å². The van der Waals surface area contributed by atoms with Crippen molar-refractivity contribution in [3.8, 4) is 0 Å². The van der Waals surface area contributed by atoms with Crippen LogP contribution in [0.15, 0.2) is 41.3 Å². The third-order valence-corrected chi connectivity index (χ3v) is 4.88. The summed E-state index contributed by atoms with van der Waals surface area (Å²) in [5.41, 5.74) is 1.92. The maximum Gasteiger partial charge on any atom is 0.261 e. The van der Waals surface area contributed by atoms with E-state index in [-0.39, 0.29) is 59.9 Å². The molecule has 1 aliphatic carbocycles. The smallest absolute Gasteiger partial charge is 0.261 e. The number of nitrogens with zero attached hydrogens (tertiary/aromatic N) is 1. The molecule has 1 aromatic heterocycles. The normalized spacial score (nSPS) is 18.2. The summed E-state index contributed by atoms with van der Waals surface area (Å²) in [6, 6.07) is 9.08. The first-order valence-electron chi connectivity index (χ1n) is 9.17. The van der Waals surface area contributed by atoms with E-state index in [1.54, 1.807) is 6.92 Å². The summed E-state index contributed by atoms with van der Waals surface area (Å²) < 4.78 is 1.42. The molecular weight excluding hydrogens is 344 g/mol. The molecule has 6 heteroatoms. The maximum atomic E-state index is 12.7. The number of aryl methyl sites for hydroxylation is 1. The van der Waals surface area contributed by atoms with E-state index in [1.807, 2.05) is 31.2 Å². The number of aliphatic hydroxyl groups is 1. The summed E-state index contributed by atoms with van der Waals surface area (Å²) >= 11 is 0. The summed E-state index contributed by atoms with van der Waals surface area (Å²) in [5, 5.41) is 12.0. The first-order valence-corrected chi connectivity index (χ1v) is 9.17. The largest absolute Gasteiger partial charge is 0.396 e. The second-order valence-corrected chi connectivity index (χ2v) is 7.10. The van der Waals surface area contributed by atoms with Crippen LogP contribution in [-0.4, -0.2) is 34.0 Å². The standard InChI is InChI=1S/C21H24N2O4/c1-3-19(25)17-8-15(20(26)22-18-9-16(18)12-24)11-23(21(17)27)10-14-6-4-5-13(2)7-14/h4-8,11,16,18,24H,3,9-10,12H2,1-2H3,(H,22,26). The Hall–Kier alpha value is -2.73. The van der Waals surface area contributed by atoms with Crippen molar-refractivity contribution >= 4 is 11.7 Å². The second kappa shape index (κ2) is 7.88. The molecule has 1 aromatic carbocycles. The van der Waals surface area contributed by atoms with Gasteiger partial charge in [-0.15, -0.1) is 0 Å². The number of aliphatic hydroxyl groups excluding tert-OH is 1. The highest BCUT2D eigenvalue weighted by Crippen LogP contribution is 2.29. The highest BCUT2D eigenvalue weighted by atomic mass is 16.3. The van der Waals surface area contributed by atoms with Gasteiger partial charge in [-0.3, -0.25) is 14.4 Å². The van der Waals surface area contributed by atoms with Gasteiger partial charge < -0.3 is 15.0 Å². The van der Waals surface area contributed by atoms with Gasteiger partial charge in [0.15, 0.2) is 5.78 Å². The number of ketones is 1. The lowest BCUT2D eigenvalue weighted by atomic mass is 10.1. The van der Waals surface area contributed by atoms with Gasteiger partial charge in [-0.05, 0) is 25.0 Å². The van der Waals surface area contributed by atoms with Crippen LogP contribution in [-0.2, 0) is 6.54 Å². The molecule has 0 spiro atoms. The molecule has 27 heavy (non-hydrogen) atoms. The summed E-state index contributed by atoms with van der Waals surface area (Å²) in [5.74, 6) is -0.532. The van der Waals surface area contributed by atoms with Crippen LogP contribution in [0.3, 0.4) is 0 Å². The lowest BCUT2D eigenvalue weighted by Crippen LogP contribution is -2.32. The molecular formula is C21H24N2O4. The van der Waals surface area contributed by atoms with Gasteiger partial charge in [0.1, 0.15) is 0 Å². The highest BCUT2D eigenvalue weighted by molar-refractivity contribution is 6.00. The Morgan fingerprint density at radius 1 is 1.30 bits per heavy atom. The van der Waals surface area contributed by atoms with Gasteiger partial charge in [0.2, 0.25) is 0 Å². The fraction of sp³-hybridized carbons (Fsp3) is 0.381. The van der Waals surface area contributed by atoms with Crippen LogP contribution in [0, 0.1) is 12.8 Å². The summed E-state index contributed by atoms with van der Waals surface area (Å²) in [6.45, 7) is 3.98. The van der Waals surface area contributed by atoms with E-state index in [0.29, 0.717) is 0 Å². The van der Waals surface area contributed by atoms with Crippen LogP contribution < -0.4 is 10.9 Å². The van der Waals surface area contributed by atoms with Crippen molar-refractivity contribution in [2.24, 2.45) is 5.92 Å². The first-order chi connectivity index (χ1) is 12.9. The third-order valence-electron chi connectivity index (χ3n) is 4.88. The van der Waals surface area contributed by atoms with Crippen LogP contribution in [0.4, 0.5) is 0 Å². The van der Waals surface area contributed by atoms with Crippen molar-refractivity contribution in [1.29, 1.82) is 0 Å². The molecule has 3 rings (SSSR count). The molecule has 0 bridgehead atoms. The predicted molar refractivity (Wildman–Crippen MR) is 102 cm³/mol. The van der Waals surface area contributed by atoms with Gasteiger partial charge in [0.05, 0.1) is 17.7 Å². The molecule has 6 nitrogen and oxygen atoms in total. The quantitative estimate of drug-likeness (QED) is 0.731. The minimum absolute atomic E-state index is 0.0345. The molecule has 1 fully saturated rings. The number of carbonyl (C=O) groups is 2. The van der Waals surface area contributed by atoms with Gasteiger partial charge >= 0.3 is 0 Å². The number of hydrogen-bond acceptors (Lipinski definition) is 4. The number of nitrogens with one attached hydrogen (secondary N) is 1. The third kappa shape index (κ3) is 4.34. The van der Waals surface area contributed by atoms with Crippen LogP contribution in [0.5, 0.6) is 0 Å². The van der Waals surface area contributed by atoms with E-state index < -0.39 is 0 Å². The molecule has 2 N–H and O–H groups in total. The van der Waals surface area contributed by atoms with Crippen molar-refractivity contribution in [2.45, 2.75) is 39.3 Å². The van der Waals surface area contributed by atoms with Crippen LogP contribution >= 0.6 is 0 Å². The van der Waals surface area contributed by atoms with Crippen molar-refractivity contribution < 1.29 is 14.7 Å². The van der Waals surface area contributed by atoms with Gasteiger partial charge in [0.25, 0.3) is 11.5 Å². The molecule has 1 heterocycles. The van der Waals surface area contributed by atoms with Gasteiger partial charge in [-0.1, -0.05) is 36.8 Å². The Labute approximate surface area is 157 Å². The molecule has 2 aromatic rings. The van der Waals surface area contributed by atoms with E-state index in [0.717, 1.165) is 17.5 Å². The zero-order chi connectivity index (χ0) is 19.6. The number of benzene rings is 1. The van der Waals surface area contributed by atoms with Crippen molar-refractivity contribution in [3.63, 3.8) is 0 Å². The molecule has 2 atom stereocenters. The summed E-state index contributed by atoms with van der Waals surface area (Å²) in [4.78, 5) is 37.5. The number of Topliss-reactive ketones (excluding diaryl/α,β-unsaturated/α-hetero) is 1. The Balaban J connectivity index is 1.95. The van der Waals surface area contributed by atoms with E-state index in [4.69, 9.17) is 5.11 Å². The van der Waals surface area contributed by atoms with Gasteiger partial charge in [-0.2, -0.15) is 0 Å². The molecule has 1 saturated carbocycles. The van der Waals surface area contributed by atoms with Crippen molar-refractivity contribution in [1.82, 2.24) is 9.88 Å². The second-order valence-electron chi connectivity index (χ2n) is 7.10. The summed E-state index contributed by atoms with van der Waals surface area (Å²) in [7, 11) is 0. The lowest BCUT2D eigenvalue weighted by Gasteiger charge is -2.12. The first kappa shape index (κ1) is 19.0. The molecule has 2 unspecified atom stereocenters. The molecule has 1 amide bonds. The molecule has 1 aliphatic rings. The number of rotatable bonds is 7. The SMILES string of the molecule is CCC(=O)c1cc(C(=O)NC2CC2CO)cn(Cc2cccc(C)c2)c1=O. The number of aromatic nitrogens is 1. The monoisotopic (exact) mass is 368 g/mol. The highest BCUT2D eigenvalue weighted by Gasteiger charge is 2.37. The average molecular weight is 368 g/mol. The molecule has 0 saturated heterocycles. The molecule has 0 radical (unpaired) electrons. The molecule has 142 valence electrons. The lowest BCUT2D eigenvalue weighted by molar-refractivity contribution is 0.0946. The predicted octanol–water partition coefficient (Wildman–Crippen LogP) is 1.91. The minimum atomic E-state index is -0.389. The Bertz CT molecular complexity index is 932. The number of carbonyl (C=O) groups excluding carboxylic acids is 2. The fourth-order valence-electron chi connectivity index (χ4n) is 3.15. The maximum absolute atomic E-state index is 12.7. The molecule has 0 aliphatic heterocycles. The number of amides is 1. The zero-order valence-corrected chi connectivity index (χ0v) is 15.6. The fourth-order valence-corrected chi connectivity index (χ4v) is 3.15. The van der Waals surface area contributed by atoms with E-state index >= 15 is 0 Å². The Kier molecular flexibility index (Phi) is 5.56. The zero-order valence-electron chi connectivity index (χ0n) is 15.6.